The van der Waals surface area contributed by atoms with Crippen molar-refractivity contribution in [2.75, 3.05) is 11.9 Å². The molecule has 0 aliphatic heterocycles. The summed E-state index contributed by atoms with van der Waals surface area (Å²) in [6, 6.07) is 9.65. The van der Waals surface area contributed by atoms with Crippen LogP contribution in [-0.2, 0) is 7.05 Å². The number of nitrogens with one attached hydrogen (secondary N) is 1. The fourth-order valence-electron chi connectivity index (χ4n) is 1.96. The topological polar surface area (TPSA) is 34.0 Å². The van der Waals surface area contributed by atoms with Crippen LogP contribution in [0, 0.1) is 0 Å². The number of unbranched alkanes of at least 4 members (excludes halogenated alkanes) is 1. The molecule has 1 N–H and O–H groups in total. The summed E-state index contributed by atoms with van der Waals surface area (Å²) in [5.41, 5.74) is 1.94. The van der Waals surface area contributed by atoms with Gasteiger partial charge in [-0.15, -0.1) is 0 Å². The van der Waals surface area contributed by atoms with E-state index in [1.807, 2.05) is 24.3 Å². The van der Waals surface area contributed by atoms with E-state index < -0.39 is 0 Å². The van der Waals surface area contributed by atoms with E-state index in [2.05, 4.69) is 12.2 Å². The van der Waals surface area contributed by atoms with Gasteiger partial charge in [0.1, 0.15) is 0 Å². The van der Waals surface area contributed by atoms with E-state index in [0.29, 0.717) is 0 Å². The van der Waals surface area contributed by atoms with Crippen molar-refractivity contribution >= 4 is 16.6 Å². The highest BCUT2D eigenvalue weighted by atomic mass is 16.1. The first-order valence-electron chi connectivity index (χ1n) is 6.06. The molecule has 1 aromatic heterocycles. The maximum Gasteiger partial charge on any atom is 0.252 e. The van der Waals surface area contributed by atoms with Crippen LogP contribution in [0.4, 0.5) is 5.69 Å². The van der Waals surface area contributed by atoms with Gasteiger partial charge in [0.05, 0.1) is 5.52 Å². The Balaban J connectivity index is 2.48. The lowest BCUT2D eigenvalue weighted by molar-refractivity contribution is 0.833. The van der Waals surface area contributed by atoms with Crippen molar-refractivity contribution in [3.8, 4) is 0 Å². The molecule has 0 unspecified atom stereocenters. The number of hydrogen-bond acceptors (Lipinski definition) is 2. The molecule has 0 spiro atoms. The number of anilines is 1. The molecular formula is C14H18N2O. The van der Waals surface area contributed by atoms with Gasteiger partial charge in [-0.2, -0.15) is 0 Å². The summed E-state index contributed by atoms with van der Waals surface area (Å²) in [4.78, 5) is 11.8. The van der Waals surface area contributed by atoms with E-state index in [1.165, 1.54) is 0 Å². The lowest BCUT2D eigenvalue weighted by Gasteiger charge is -2.11. The Kier molecular flexibility index (Phi) is 3.47. The van der Waals surface area contributed by atoms with E-state index in [0.717, 1.165) is 36.0 Å². The second-order valence-corrected chi connectivity index (χ2v) is 4.25. The molecule has 0 radical (unpaired) electrons. The zero-order valence-electron chi connectivity index (χ0n) is 10.4. The van der Waals surface area contributed by atoms with Crippen molar-refractivity contribution in [1.82, 2.24) is 4.57 Å². The average Bonchev–Trinajstić information content (AvgIpc) is 2.36. The molecule has 0 saturated carbocycles. The third-order valence-corrected chi connectivity index (χ3v) is 3.00. The number of hydrogen-bond donors (Lipinski definition) is 1. The SMILES string of the molecule is CCCCNc1cc(=O)n(C)c2ccccc12. The molecule has 0 aliphatic carbocycles. The highest BCUT2D eigenvalue weighted by molar-refractivity contribution is 5.91. The number of pyridine rings is 1. The van der Waals surface area contributed by atoms with Crippen LogP contribution in [-0.4, -0.2) is 11.1 Å². The molecule has 0 atom stereocenters. The molecule has 90 valence electrons. The molecular weight excluding hydrogens is 212 g/mol. The minimum atomic E-state index is 0.0303. The Labute approximate surface area is 101 Å². The second kappa shape index (κ2) is 5.04. The predicted octanol–water partition coefficient (Wildman–Crippen LogP) is 2.75. The molecule has 3 nitrogen and oxygen atoms in total. The Hall–Kier alpha value is -1.77. The van der Waals surface area contributed by atoms with Crippen molar-refractivity contribution in [2.24, 2.45) is 7.05 Å². The Morgan fingerprint density at radius 3 is 2.82 bits per heavy atom. The first-order valence-corrected chi connectivity index (χ1v) is 6.06. The summed E-state index contributed by atoms with van der Waals surface area (Å²) in [6.45, 7) is 3.07. The van der Waals surface area contributed by atoms with E-state index in [9.17, 15) is 4.79 Å². The highest BCUT2D eigenvalue weighted by Gasteiger charge is 2.04. The normalized spacial score (nSPS) is 10.7. The average molecular weight is 230 g/mol. The molecule has 0 fully saturated rings. The maximum absolute atomic E-state index is 11.8. The lowest BCUT2D eigenvalue weighted by atomic mass is 10.1. The molecule has 1 aromatic carbocycles. The minimum absolute atomic E-state index is 0.0303. The lowest BCUT2D eigenvalue weighted by Crippen LogP contribution is -2.17. The smallest absolute Gasteiger partial charge is 0.252 e. The van der Waals surface area contributed by atoms with Gasteiger partial charge in [0, 0.05) is 30.7 Å². The third kappa shape index (κ3) is 2.33. The standard InChI is InChI=1S/C14H18N2O/c1-3-4-9-15-12-10-14(17)16(2)13-8-6-5-7-11(12)13/h5-8,10,15H,3-4,9H2,1-2H3. The second-order valence-electron chi connectivity index (χ2n) is 4.25. The summed E-state index contributed by atoms with van der Waals surface area (Å²) in [6.07, 6.45) is 2.26. The van der Waals surface area contributed by atoms with Crippen LogP contribution in [0.1, 0.15) is 19.8 Å². The van der Waals surface area contributed by atoms with Gasteiger partial charge < -0.3 is 9.88 Å². The number of para-hydroxylation sites is 1. The molecule has 3 heteroatoms. The number of rotatable bonds is 4. The van der Waals surface area contributed by atoms with E-state index in [4.69, 9.17) is 0 Å². The van der Waals surface area contributed by atoms with Crippen LogP contribution in [0.15, 0.2) is 35.1 Å². The quantitative estimate of drug-likeness (QED) is 0.819. The highest BCUT2D eigenvalue weighted by Crippen LogP contribution is 2.20. The minimum Gasteiger partial charge on any atom is -0.384 e. The van der Waals surface area contributed by atoms with Gasteiger partial charge in [0.25, 0.3) is 5.56 Å². The number of benzene rings is 1. The largest absolute Gasteiger partial charge is 0.384 e. The van der Waals surface area contributed by atoms with Gasteiger partial charge in [-0.25, -0.2) is 0 Å². The van der Waals surface area contributed by atoms with Crippen LogP contribution in [0.2, 0.25) is 0 Å². The van der Waals surface area contributed by atoms with Crippen molar-refractivity contribution in [3.05, 3.63) is 40.7 Å². The molecule has 2 rings (SSSR count). The number of aromatic nitrogens is 1. The molecule has 0 amide bonds. The van der Waals surface area contributed by atoms with Crippen LogP contribution >= 0.6 is 0 Å². The van der Waals surface area contributed by atoms with Gasteiger partial charge in [-0.3, -0.25) is 4.79 Å². The van der Waals surface area contributed by atoms with Crippen molar-refractivity contribution in [3.63, 3.8) is 0 Å². The van der Waals surface area contributed by atoms with E-state index in [-0.39, 0.29) is 5.56 Å². The van der Waals surface area contributed by atoms with Gasteiger partial charge in [0.15, 0.2) is 0 Å². The van der Waals surface area contributed by atoms with Gasteiger partial charge >= 0.3 is 0 Å². The Morgan fingerprint density at radius 1 is 1.29 bits per heavy atom. The van der Waals surface area contributed by atoms with Crippen LogP contribution < -0.4 is 10.9 Å². The summed E-state index contributed by atoms with van der Waals surface area (Å²) < 4.78 is 1.68. The summed E-state index contributed by atoms with van der Waals surface area (Å²) >= 11 is 0. The number of aryl methyl sites for hydroxylation is 1. The zero-order chi connectivity index (χ0) is 12.3. The van der Waals surface area contributed by atoms with Crippen molar-refractivity contribution in [2.45, 2.75) is 19.8 Å². The zero-order valence-corrected chi connectivity index (χ0v) is 10.4. The molecule has 0 aliphatic rings. The third-order valence-electron chi connectivity index (χ3n) is 3.00. The van der Waals surface area contributed by atoms with Gasteiger partial charge in [0.2, 0.25) is 0 Å². The molecule has 0 saturated heterocycles. The van der Waals surface area contributed by atoms with Gasteiger partial charge in [-0.1, -0.05) is 31.5 Å². The predicted molar refractivity (Wildman–Crippen MR) is 72.6 cm³/mol. The molecule has 1 heterocycles. The number of fused-ring (bicyclic) bond motifs is 1. The first kappa shape index (κ1) is 11.7. The van der Waals surface area contributed by atoms with Gasteiger partial charge in [-0.05, 0) is 12.5 Å². The fourth-order valence-corrected chi connectivity index (χ4v) is 1.96. The molecule has 17 heavy (non-hydrogen) atoms. The van der Waals surface area contributed by atoms with Crippen LogP contribution in [0.3, 0.4) is 0 Å². The first-order chi connectivity index (χ1) is 8.24. The van der Waals surface area contributed by atoms with Crippen molar-refractivity contribution in [1.29, 1.82) is 0 Å². The monoisotopic (exact) mass is 230 g/mol. The maximum atomic E-state index is 11.8. The summed E-state index contributed by atoms with van der Waals surface area (Å²) in [5.74, 6) is 0. The van der Waals surface area contributed by atoms with Crippen LogP contribution in [0.5, 0.6) is 0 Å². The molecule has 2 aromatic rings. The summed E-state index contributed by atoms with van der Waals surface area (Å²) in [5, 5.41) is 4.45. The number of nitrogens with zero attached hydrogens (tertiary/aromatic N) is 1. The Bertz CT molecular complexity index is 572. The fraction of sp³-hybridized carbons (Fsp3) is 0.357. The Morgan fingerprint density at radius 2 is 2.06 bits per heavy atom. The van der Waals surface area contributed by atoms with Crippen LogP contribution in [0.25, 0.3) is 10.9 Å². The van der Waals surface area contributed by atoms with Crippen molar-refractivity contribution < 1.29 is 0 Å². The van der Waals surface area contributed by atoms with E-state index in [1.54, 1.807) is 17.7 Å². The molecule has 0 bridgehead atoms. The summed E-state index contributed by atoms with van der Waals surface area (Å²) in [7, 11) is 1.81. The van der Waals surface area contributed by atoms with E-state index >= 15 is 0 Å².